The second-order valence-electron chi connectivity index (χ2n) is 6.94. The summed E-state index contributed by atoms with van der Waals surface area (Å²) in [5.41, 5.74) is 0.868. The van der Waals surface area contributed by atoms with Crippen molar-refractivity contribution in [2.45, 2.75) is 6.42 Å². The van der Waals surface area contributed by atoms with Gasteiger partial charge in [0.25, 0.3) is 11.8 Å². The van der Waals surface area contributed by atoms with Crippen molar-refractivity contribution in [2.75, 3.05) is 0 Å². The highest BCUT2D eigenvalue weighted by Gasteiger charge is 2.67. The predicted octanol–water partition coefficient (Wildman–Crippen LogP) is 2.84. The molecule has 3 fully saturated rings. The lowest BCUT2D eigenvalue weighted by molar-refractivity contribution is -0.140. The molecule has 5 aliphatic rings. The van der Waals surface area contributed by atoms with Gasteiger partial charge < -0.3 is 0 Å². The highest BCUT2D eigenvalue weighted by Crippen LogP contribution is 2.65. The Bertz CT molecular complexity index is 734. The Labute approximate surface area is 142 Å². The lowest BCUT2D eigenvalue weighted by Crippen LogP contribution is -2.40. The first-order chi connectivity index (χ1) is 11.1. The minimum atomic E-state index is -0.177. The number of hydrogen-bond acceptors (Lipinski definition) is 3. The number of imide groups is 1. The summed E-state index contributed by atoms with van der Waals surface area (Å²) < 4.78 is 0.982. The summed E-state index contributed by atoms with van der Waals surface area (Å²) in [6, 6.07) is 7.61. The van der Waals surface area contributed by atoms with Crippen LogP contribution in [0.5, 0.6) is 0 Å². The molecule has 23 heavy (non-hydrogen) atoms. The van der Waals surface area contributed by atoms with Crippen LogP contribution >= 0.6 is 15.9 Å². The molecule has 1 aromatic rings. The van der Waals surface area contributed by atoms with Crippen LogP contribution in [0.1, 0.15) is 12.0 Å². The maximum absolute atomic E-state index is 12.7. The van der Waals surface area contributed by atoms with Crippen molar-refractivity contribution in [3.63, 3.8) is 0 Å². The number of nitrogens with zero attached hydrogens (tertiary/aromatic N) is 2. The van der Waals surface area contributed by atoms with Crippen molar-refractivity contribution in [3.05, 3.63) is 46.5 Å². The number of hydrazone groups is 1. The van der Waals surface area contributed by atoms with E-state index in [4.69, 9.17) is 0 Å². The molecule has 2 bridgehead atoms. The highest BCUT2D eigenvalue weighted by atomic mass is 79.9. The van der Waals surface area contributed by atoms with Gasteiger partial charge in [0, 0.05) is 4.47 Å². The largest absolute Gasteiger partial charge is 0.272 e. The zero-order valence-electron chi connectivity index (χ0n) is 12.3. The molecule has 2 saturated carbocycles. The lowest BCUT2D eigenvalue weighted by atomic mass is 9.63. The summed E-state index contributed by atoms with van der Waals surface area (Å²) in [6.07, 6.45) is 7.12. The number of carbonyl (C=O) groups is 2. The molecule has 1 heterocycles. The zero-order chi connectivity index (χ0) is 15.7. The third kappa shape index (κ3) is 1.86. The molecule has 0 N–H and O–H groups in total. The highest BCUT2D eigenvalue weighted by molar-refractivity contribution is 9.10. The number of rotatable bonds is 2. The number of amides is 2. The third-order valence-corrected chi connectivity index (χ3v) is 6.36. The molecular weight excluding hydrogens is 356 g/mol. The molecular formula is C18H15BrN2O2. The number of allylic oxidation sites excluding steroid dienone is 2. The average molecular weight is 371 g/mol. The zero-order valence-corrected chi connectivity index (χ0v) is 13.9. The van der Waals surface area contributed by atoms with Gasteiger partial charge in [-0.15, -0.1) is 0 Å². The molecule has 1 aliphatic heterocycles. The van der Waals surface area contributed by atoms with Crippen molar-refractivity contribution < 1.29 is 9.59 Å². The number of halogens is 1. The lowest BCUT2D eigenvalue weighted by Gasteiger charge is -2.37. The van der Waals surface area contributed by atoms with Crippen LogP contribution < -0.4 is 0 Å². The summed E-state index contributed by atoms with van der Waals surface area (Å²) in [6.45, 7) is 0. The molecule has 1 saturated heterocycles. The van der Waals surface area contributed by atoms with Crippen molar-refractivity contribution in [1.82, 2.24) is 5.01 Å². The molecule has 0 unspecified atom stereocenters. The van der Waals surface area contributed by atoms with Crippen LogP contribution in [0.3, 0.4) is 0 Å². The van der Waals surface area contributed by atoms with Gasteiger partial charge in [0.2, 0.25) is 0 Å². The van der Waals surface area contributed by atoms with Crippen LogP contribution in [0.25, 0.3) is 0 Å². The minimum absolute atomic E-state index is 0.113. The maximum Gasteiger partial charge on any atom is 0.254 e. The summed E-state index contributed by atoms with van der Waals surface area (Å²) >= 11 is 3.38. The Kier molecular flexibility index (Phi) is 2.75. The quantitative estimate of drug-likeness (QED) is 0.456. The molecule has 0 radical (unpaired) electrons. The van der Waals surface area contributed by atoms with Crippen LogP contribution in [0.2, 0.25) is 0 Å². The van der Waals surface area contributed by atoms with Crippen LogP contribution in [-0.4, -0.2) is 23.0 Å². The first kappa shape index (κ1) is 13.7. The molecule has 0 aromatic heterocycles. The molecule has 1 aromatic carbocycles. The second-order valence-corrected chi connectivity index (χ2v) is 7.85. The van der Waals surface area contributed by atoms with Crippen LogP contribution in [0.4, 0.5) is 0 Å². The van der Waals surface area contributed by atoms with E-state index in [0.717, 1.165) is 15.0 Å². The van der Waals surface area contributed by atoms with E-state index < -0.39 is 0 Å². The predicted molar refractivity (Wildman–Crippen MR) is 88.3 cm³/mol. The number of benzene rings is 1. The smallest absolute Gasteiger partial charge is 0.254 e. The molecule has 0 spiro atoms. The third-order valence-electron chi connectivity index (χ3n) is 5.83. The van der Waals surface area contributed by atoms with E-state index in [1.165, 1.54) is 6.42 Å². The topological polar surface area (TPSA) is 49.7 Å². The molecule has 4 nitrogen and oxygen atoms in total. The van der Waals surface area contributed by atoms with E-state index in [2.05, 4.69) is 33.2 Å². The van der Waals surface area contributed by atoms with Crippen molar-refractivity contribution in [1.29, 1.82) is 0 Å². The average Bonchev–Trinajstić information content (AvgIpc) is 3.33. The van der Waals surface area contributed by atoms with Crippen LogP contribution in [0.15, 0.2) is 46.0 Å². The molecule has 6 atom stereocenters. The van der Waals surface area contributed by atoms with Gasteiger partial charge in [-0.2, -0.15) is 10.1 Å². The first-order valence-corrected chi connectivity index (χ1v) is 8.80. The fourth-order valence-electron chi connectivity index (χ4n) is 4.73. The molecule has 116 valence electrons. The maximum atomic E-state index is 12.7. The Morgan fingerprint density at radius 3 is 2.13 bits per heavy atom. The van der Waals surface area contributed by atoms with Gasteiger partial charge in [-0.3, -0.25) is 9.59 Å². The van der Waals surface area contributed by atoms with E-state index in [1.54, 1.807) is 6.21 Å². The number of carbonyl (C=O) groups excluding carboxylic acids is 2. The van der Waals surface area contributed by atoms with Gasteiger partial charge in [0.15, 0.2) is 0 Å². The van der Waals surface area contributed by atoms with Gasteiger partial charge in [-0.25, -0.2) is 0 Å². The monoisotopic (exact) mass is 370 g/mol. The van der Waals surface area contributed by atoms with E-state index in [0.29, 0.717) is 11.8 Å². The summed E-state index contributed by atoms with van der Waals surface area (Å²) in [4.78, 5) is 25.5. The van der Waals surface area contributed by atoms with E-state index in [9.17, 15) is 9.59 Å². The van der Waals surface area contributed by atoms with E-state index in [-0.39, 0.29) is 35.5 Å². The standard InChI is InChI=1S/C18H15BrN2O2/c19-10-3-1-9(2-4-10)8-20-21-17(22)15-11-5-6-12(14-7-13(11)14)16(15)18(21)23/h1-6,8,11-16H,7H2/b20-8-/t11-,12-,13-,14+,15+,16+/m1/s1. The number of hydrogen-bond donors (Lipinski definition) is 0. The Morgan fingerprint density at radius 1 is 1.00 bits per heavy atom. The summed E-state index contributed by atoms with van der Waals surface area (Å²) in [5.74, 6) is 1.17. The van der Waals surface area contributed by atoms with Gasteiger partial charge in [0.05, 0.1) is 18.1 Å². The SMILES string of the molecule is O=C1[C@H]2[C@@H]3C=C[C@H]([C@@H]4C[C@H]34)[C@@H]2C(=O)N1/N=C\c1ccc(Br)cc1. The van der Waals surface area contributed by atoms with Crippen LogP contribution in [-0.2, 0) is 9.59 Å². The van der Waals surface area contributed by atoms with Gasteiger partial charge in [-0.1, -0.05) is 40.2 Å². The van der Waals surface area contributed by atoms with Crippen LogP contribution in [0, 0.1) is 35.5 Å². The normalized spacial score (nSPS) is 40.0. The van der Waals surface area contributed by atoms with Crippen molar-refractivity contribution >= 4 is 34.0 Å². The van der Waals surface area contributed by atoms with Gasteiger partial charge in [-0.05, 0) is 47.8 Å². The minimum Gasteiger partial charge on any atom is -0.272 e. The van der Waals surface area contributed by atoms with Gasteiger partial charge in [0.1, 0.15) is 0 Å². The first-order valence-electron chi connectivity index (χ1n) is 8.01. The van der Waals surface area contributed by atoms with Gasteiger partial charge >= 0.3 is 0 Å². The second kappa shape index (κ2) is 4.63. The summed E-state index contributed by atoms with van der Waals surface area (Å²) in [7, 11) is 0. The fraction of sp³-hybridized carbons (Fsp3) is 0.389. The molecule has 2 amide bonds. The Morgan fingerprint density at radius 2 is 1.57 bits per heavy atom. The molecule has 5 heteroatoms. The fourth-order valence-corrected chi connectivity index (χ4v) is 4.99. The summed E-state index contributed by atoms with van der Waals surface area (Å²) in [5, 5.41) is 5.33. The molecule has 6 rings (SSSR count). The van der Waals surface area contributed by atoms with E-state index in [1.807, 2.05) is 24.3 Å². The molecule has 4 aliphatic carbocycles. The Balaban J connectivity index is 1.44. The van der Waals surface area contributed by atoms with Crippen molar-refractivity contribution in [3.8, 4) is 0 Å². The van der Waals surface area contributed by atoms with Crippen molar-refractivity contribution in [2.24, 2.45) is 40.6 Å². The Hall–Kier alpha value is -1.75. The van der Waals surface area contributed by atoms with E-state index >= 15 is 0 Å².